The van der Waals surface area contributed by atoms with Crippen molar-refractivity contribution in [2.24, 2.45) is 0 Å². The van der Waals surface area contributed by atoms with Crippen LogP contribution in [-0.4, -0.2) is 21.0 Å². The van der Waals surface area contributed by atoms with E-state index in [1.54, 1.807) is 18.3 Å². The fraction of sp³-hybridized carbons (Fsp3) is 0.222. The van der Waals surface area contributed by atoms with E-state index < -0.39 is 0 Å². The lowest BCUT2D eigenvalue weighted by atomic mass is 10.2. The Morgan fingerprint density at radius 2 is 2.08 bits per heavy atom. The van der Waals surface area contributed by atoms with Crippen molar-refractivity contribution in [1.82, 2.24) is 20.4 Å². The first-order chi connectivity index (χ1) is 12.7. The van der Waals surface area contributed by atoms with E-state index in [9.17, 15) is 4.79 Å². The number of pyridine rings is 1. The highest BCUT2D eigenvalue weighted by Crippen LogP contribution is 2.38. The third-order valence-electron chi connectivity index (χ3n) is 3.87. The number of carbonyl (C=O) groups is 1. The first kappa shape index (κ1) is 17.2. The van der Waals surface area contributed by atoms with Crippen molar-refractivity contribution in [3.8, 4) is 0 Å². The lowest BCUT2D eigenvalue weighted by Gasteiger charge is -2.08. The van der Waals surface area contributed by atoms with Crippen LogP contribution in [0.25, 0.3) is 0 Å². The summed E-state index contributed by atoms with van der Waals surface area (Å²) >= 11 is 4.86. The Balaban J connectivity index is 1.44. The van der Waals surface area contributed by atoms with Crippen molar-refractivity contribution in [3.05, 3.63) is 64.3 Å². The standard InChI is InChI=1S/C18H15BrN4O2S/c19-12-5-7-13(8-6-12)26-18-14(2-1-9-20-18)17(24)21-10-15-22-16(23-25-15)11-3-4-11/h1-2,5-9,11H,3-4,10H2,(H,21,24). The van der Waals surface area contributed by atoms with Crippen LogP contribution >= 0.6 is 27.7 Å². The van der Waals surface area contributed by atoms with E-state index in [2.05, 4.69) is 36.4 Å². The first-order valence-electron chi connectivity index (χ1n) is 8.18. The molecule has 0 radical (unpaired) electrons. The van der Waals surface area contributed by atoms with Crippen LogP contribution in [0.2, 0.25) is 0 Å². The number of halogens is 1. The third-order valence-corrected chi connectivity index (χ3v) is 5.43. The van der Waals surface area contributed by atoms with Crippen molar-refractivity contribution in [2.45, 2.75) is 35.2 Å². The lowest BCUT2D eigenvalue weighted by Crippen LogP contribution is -2.23. The minimum Gasteiger partial charge on any atom is -0.343 e. The van der Waals surface area contributed by atoms with Gasteiger partial charge in [-0.1, -0.05) is 32.8 Å². The zero-order valence-electron chi connectivity index (χ0n) is 13.7. The average Bonchev–Trinajstić information content (AvgIpc) is 3.40. The predicted molar refractivity (Wildman–Crippen MR) is 99.9 cm³/mol. The molecule has 1 aliphatic rings. The molecule has 0 bridgehead atoms. The molecule has 8 heteroatoms. The molecular formula is C18H15BrN4O2S. The molecule has 0 unspecified atom stereocenters. The van der Waals surface area contributed by atoms with Crippen LogP contribution in [0, 0.1) is 0 Å². The first-order valence-corrected chi connectivity index (χ1v) is 9.79. The Morgan fingerprint density at radius 3 is 2.85 bits per heavy atom. The molecule has 1 saturated carbocycles. The largest absolute Gasteiger partial charge is 0.343 e. The molecule has 2 aromatic heterocycles. The number of hydrogen-bond donors (Lipinski definition) is 1. The van der Waals surface area contributed by atoms with Gasteiger partial charge >= 0.3 is 0 Å². The number of carbonyl (C=O) groups excluding carboxylic acids is 1. The number of amides is 1. The minimum atomic E-state index is -0.219. The van der Waals surface area contributed by atoms with Gasteiger partial charge in [-0.05, 0) is 49.2 Å². The van der Waals surface area contributed by atoms with Gasteiger partial charge in [-0.3, -0.25) is 4.79 Å². The zero-order chi connectivity index (χ0) is 17.9. The van der Waals surface area contributed by atoms with Crippen LogP contribution in [0.15, 0.2) is 61.5 Å². The van der Waals surface area contributed by atoms with Crippen LogP contribution in [0.4, 0.5) is 0 Å². The molecule has 132 valence electrons. The number of aromatic nitrogens is 3. The van der Waals surface area contributed by atoms with Crippen molar-refractivity contribution in [1.29, 1.82) is 0 Å². The van der Waals surface area contributed by atoms with Crippen LogP contribution in [-0.2, 0) is 6.54 Å². The summed E-state index contributed by atoms with van der Waals surface area (Å²) in [5, 5.41) is 7.43. The molecule has 1 aromatic carbocycles. The second kappa shape index (κ2) is 7.59. The summed E-state index contributed by atoms with van der Waals surface area (Å²) in [5.74, 6) is 1.37. The van der Waals surface area contributed by atoms with Crippen LogP contribution in [0.5, 0.6) is 0 Å². The maximum absolute atomic E-state index is 12.6. The van der Waals surface area contributed by atoms with E-state index in [4.69, 9.17) is 4.52 Å². The predicted octanol–water partition coefficient (Wildman–Crippen LogP) is 4.19. The molecule has 3 aromatic rings. The summed E-state index contributed by atoms with van der Waals surface area (Å²) in [6.07, 6.45) is 3.90. The van der Waals surface area contributed by atoms with Gasteiger partial charge in [0, 0.05) is 21.5 Å². The average molecular weight is 431 g/mol. The van der Waals surface area contributed by atoms with E-state index in [1.807, 2.05) is 24.3 Å². The van der Waals surface area contributed by atoms with E-state index in [0.29, 0.717) is 22.4 Å². The minimum absolute atomic E-state index is 0.204. The normalized spacial score (nSPS) is 13.6. The van der Waals surface area contributed by atoms with E-state index in [1.165, 1.54) is 11.8 Å². The molecule has 6 nitrogen and oxygen atoms in total. The second-order valence-electron chi connectivity index (χ2n) is 5.92. The van der Waals surface area contributed by atoms with Crippen molar-refractivity contribution in [2.75, 3.05) is 0 Å². The Bertz CT molecular complexity index is 925. The summed E-state index contributed by atoms with van der Waals surface area (Å²) in [6, 6.07) is 11.4. The molecule has 1 amide bonds. The van der Waals surface area contributed by atoms with Crippen molar-refractivity contribution in [3.63, 3.8) is 0 Å². The van der Waals surface area contributed by atoms with Gasteiger partial charge in [-0.2, -0.15) is 4.98 Å². The van der Waals surface area contributed by atoms with E-state index in [0.717, 1.165) is 28.0 Å². The van der Waals surface area contributed by atoms with Gasteiger partial charge in [0.05, 0.1) is 12.1 Å². The molecule has 26 heavy (non-hydrogen) atoms. The Labute approximate surface area is 162 Å². The van der Waals surface area contributed by atoms with Gasteiger partial charge in [-0.15, -0.1) is 0 Å². The number of hydrogen-bond acceptors (Lipinski definition) is 6. The van der Waals surface area contributed by atoms with Gasteiger partial charge in [0.15, 0.2) is 5.82 Å². The van der Waals surface area contributed by atoms with Crippen LogP contribution in [0.1, 0.15) is 40.8 Å². The third kappa shape index (κ3) is 4.13. The topological polar surface area (TPSA) is 80.9 Å². The quantitative estimate of drug-likeness (QED) is 0.631. The van der Waals surface area contributed by atoms with E-state index >= 15 is 0 Å². The molecule has 1 N–H and O–H groups in total. The lowest BCUT2D eigenvalue weighted by molar-refractivity contribution is 0.0942. The summed E-state index contributed by atoms with van der Waals surface area (Å²) in [4.78, 5) is 22.2. The van der Waals surface area contributed by atoms with E-state index in [-0.39, 0.29) is 12.5 Å². The molecule has 4 rings (SSSR count). The molecule has 0 saturated heterocycles. The van der Waals surface area contributed by atoms with Crippen LogP contribution < -0.4 is 5.32 Å². The molecule has 0 atom stereocenters. The second-order valence-corrected chi connectivity index (χ2v) is 7.89. The van der Waals surface area contributed by atoms with Gasteiger partial charge in [0.2, 0.25) is 5.89 Å². The fourth-order valence-electron chi connectivity index (χ4n) is 2.36. The SMILES string of the molecule is O=C(NCc1nc(C2CC2)no1)c1cccnc1Sc1ccc(Br)cc1. The Morgan fingerprint density at radius 1 is 1.27 bits per heavy atom. The van der Waals surface area contributed by atoms with Gasteiger partial charge < -0.3 is 9.84 Å². The highest BCUT2D eigenvalue weighted by atomic mass is 79.9. The van der Waals surface area contributed by atoms with Crippen molar-refractivity contribution < 1.29 is 9.32 Å². The van der Waals surface area contributed by atoms with Crippen molar-refractivity contribution >= 4 is 33.6 Å². The molecule has 1 fully saturated rings. The number of benzene rings is 1. The summed E-state index contributed by atoms with van der Waals surface area (Å²) < 4.78 is 6.19. The summed E-state index contributed by atoms with van der Waals surface area (Å²) in [7, 11) is 0. The molecule has 0 aliphatic heterocycles. The monoisotopic (exact) mass is 430 g/mol. The highest BCUT2D eigenvalue weighted by Gasteiger charge is 2.28. The van der Waals surface area contributed by atoms with Gasteiger partial charge in [0.1, 0.15) is 5.03 Å². The maximum Gasteiger partial charge on any atom is 0.254 e. The molecule has 2 heterocycles. The molecule has 0 spiro atoms. The Kier molecular flexibility index (Phi) is 5.03. The Hall–Kier alpha value is -2.19. The number of nitrogens with one attached hydrogen (secondary N) is 1. The fourth-order valence-corrected chi connectivity index (χ4v) is 3.50. The zero-order valence-corrected chi connectivity index (χ0v) is 16.1. The number of rotatable bonds is 6. The van der Waals surface area contributed by atoms with Crippen LogP contribution in [0.3, 0.4) is 0 Å². The smallest absolute Gasteiger partial charge is 0.254 e. The number of nitrogens with zero attached hydrogens (tertiary/aromatic N) is 3. The molecule has 1 aliphatic carbocycles. The summed E-state index contributed by atoms with van der Waals surface area (Å²) in [5.41, 5.74) is 0.516. The molecular weight excluding hydrogens is 416 g/mol. The van der Waals surface area contributed by atoms with Gasteiger partial charge in [0.25, 0.3) is 5.91 Å². The highest BCUT2D eigenvalue weighted by molar-refractivity contribution is 9.10. The maximum atomic E-state index is 12.6. The summed E-state index contributed by atoms with van der Waals surface area (Å²) in [6.45, 7) is 0.204. The van der Waals surface area contributed by atoms with Gasteiger partial charge in [-0.25, -0.2) is 4.98 Å².